The summed E-state index contributed by atoms with van der Waals surface area (Å²) in [6.07, 6.45) is 4.71. The van der Waals surface area contributed by atoms with E-state index >= 15 is 0 Å². The minimum Gasteiger partial charge on any atom is -0.481 e. The van der Waals surface area contributed by atoms with Gasteiger partial charge in [0, 0.05) is 5.22 Å². The number of aliphatic carboxylic acids is 1. The molecule has 66 valence electrons. The van der Waals surface area contributed by atoms with Crippen LogP contribution in [0.5, 0.6) is 0 Å². The van der Waals surface area contributed by atoms with Gasteiger partial charge >= 0.3 is 5.97 Å². The molecule has 1 unspecified atom stereocenters. The lowest BCUT2D eigenvalue weighted by atomic mass is 10.1. The molecule has 0 amide bonds. The topological polar surface area (TPSA) is 75.4 Å². The van der Waals surface area contributed by atoms with Crippen LogP contribution >= 0.6 is 0 Å². The number of aromatic nitrogens is 2. The summed E-state index contributed by atoms with van der Waals surface area (Å²) in [4.78, 5) is 14.7. The Morgan fingerprint density at radius 1 is 1.46 bits per heavy atom. The second-order valence-electron chi connectivity index (χ2n) is 2.78. The average molecular weight is 177 g/mol. The molecule has 2 rings (SSSR count). The van der Waals surface area contributed by atoms with E-state index in [1.54, 1.807) is 6.08 Å². The molecule has 2 heterocycles. The monoisotopic (exact) mass is 177 g/mol. The third kappa shape index (κ3) is 1.40. The van der Waals surface area contributed by atoms with E-state index in [0.717, 1.165) is 5.22 Å². The molecule has 0 aromatic carbocycles. The molecule has 0 aliphatic carbocycles. The lowest BCUT2D eigenvalue weighted by Crippen LogP contribution is -2.34. The third-order valence-electron chi connectivity index (χ3n) is 1.90. The molecular formula is C8H7N3O2. The maximum absolute atomic E-state index is 10.6. The van der Waals surface area contributed by atoms with Crippen LogP contribution in [0, 0.1) is 5.92 Å². The van der Waals surface area contributed by atoms with Crippen molar-refractivity contribution >= 4 is 12.0 Å². The van der Waals surface area contributed by atoms with Gasteiger partial charge in [-0.05, 0) is 0 Å². The summed E-state index contributed by atoms with van der Waals surface area (Å²) < 4.78 is 0. The Morgan fingerprint density at radius 2 is 2.23 bits per heavy atom. The molecule has 1 N–H and O–H groups in total. The van der Waals surface area contributed by atoms with Crippen molar-refractivity contribution in [2.24, 2.45) is 10.9 Å². The van der Waals surface area contributed by atoms with Crippen LogP contribution in [0.3, 0.4) is 0 Å². The van der Waals surface area contributed by atoms with E-state index in [1.165, 1.54) is 12.4 Å². The third-order valence-corrected chi connectivity index (χ3v) is 1.90. The highest BCUT2D eigenvalue weighted by Gasteiger charge is 2.15. The summed E-state index contributed by atoms with van der Waals surface area (Å²) in [6.45, 7) is 0.286. The van der Waals surface area contributed by atoms with Gasteiger partial charge in [0.2, 0.25) is 0 Å². The Morgan fingerprint density at radius 3 is 3.00 bits per heavy atom. The highest BCUT2D eigenvalue weighted by Crippen LogP contribution is 2.00. The number of carboxylic acid groups (broad SMARTS) is 1. The quantitative estimate of drug-likeness (QED) is 0.572. The summed E-state index contributed by atoms with van der Waals surface area (Å²) in [6, 6.07) is 0. The van der Waals surface area contributed by atoms with E-state index in [9.17, 15) is 4.79 Å². The van der Waals surface area contributed by atoms with Gasteiger partial charge in [-0.15, -0.1) is 0 Å². The van der Waals surface area contributed by atoms with Crippen LogP contribution in [0.2, 0.25) is 0 Å². The fourth-order valence-electron chi connectivity index (χ4n) is 1.20. The molecule has 5 nitrogen and oxygen atoms in total. The summed E-state index contributed by atoms with van der Waals surface area (Å²) in [5.41, 5.74) is 0. The van der Waals surface area contributed by atoms with E-state index in [2.05, 4.69) is 15.2 Å². The van der Waals surface area contributed by atoms with Crippen molar-refractivity contribution in [3.8, 4) is 0 Å². The van der Waals surface area contributed by atoms with E-state index in [0.29, 0.717) is 5.36 Å². The molecule has 0 fully saturated rings. The second kappa shape index (κ2) is 2.93. The zero-order valence-electron chi connectivity index (χ0n) is 6.71. The number of carbonyl (C=O) groups is 1. The SMILES string of the molecule is O=C(O)C1C=c2cnncc2=NC1. The van der Waals surface area contributed by atoms with E-state index in [4.69, 9.17) is 5.11 Å². The molecule has 1 aliphatic rings. The van der Waals surface area contributed by atoms with Crippen molar-refractivity contribution in [2.75, 3.05) is 6.54 Å². The molecule has 5 heteroatoms. The number of nitrogens with zero attached hydrogens (tertiary/aromatic N) is 3. The largest absolute Gasteiger partial charge is 0.481 e. The first-order chi connectivity index (χ1) is 6.27. The lowest BCUT2D eigenvalue weighted by molar-refractivity contribution is -0.139. The number of hydrogen-bond acceptors (Lipinski definition) is 4. The minimum atomic E-state index is -0.855. The Balaban J connectivity index is 2.55. The standard InChI is InChI=1S/C8H7N3O2/c12-8(13)6-1-5-3-10-11-4-7(5)9-2-6/h1,3-4,6H,2H2,(H,12,13). The number of hydrogen-bond donors (Lipinski definition) is 1. The van der Waals surface area contributed by atoms with Crippen molar-refractivity contribution < 1.29 is 9.90 Å². The van der Waals surface area contributed by atoms with Crippen molar-refractivity contribution in [1.29, 1.82) is 0 Å². The Labute approximate surface area is 73.5 Å². The van der Waals surface area contributed by atoms with Gasteiger partial charge < -0.3 is 5.11 Å². The molecule has 1 aliphatic heterocycles. The van der Waals surface area contributed by atoms with Crippen molar-refractivity contribution in [2.45, 2.75) is 0 Å². The maximum atomic E-state index is 10.6. The van der Waals surface area contributed by atoms with Gasteiger partial charge in [-0.25, -0.2) is 0 Å². The molecule has 1 atom stereocenters. The van der Waals surface area contributed by atoms with Gasteiger partial charge in [-0.1, -0.05) is 6.08 Å². The molecule has 0 bridgehead atoms. The van der Waals surface area contributed by atoms with Gasteiger partial charge in [0.25, 0.3) is 0 Å². The van der Waals surface area contributed by atoms with Crippen LogP contribution in [0.25, 0.3) is 6.08 Å². The maximum Gasteiger partial charge on any atom is 0.312 e. The number of fused-ring (bicyclic) bond motifs is 1. The minimum absolute atomic E-state index is 0.286. The van der Waals surface area contributed by atoms with Crippen LogP contribution in [0.4, 0.5) is 0 Å². The first-order valence-electron chi connectivity index (χ1n) is 3.83. The predicted molar refractivity (Wildman–Crippen MR) is 43.3 cm³/mol. The number of rotatable bonds is 1. The first kappa shape index (κ1) is 7.85. The summed E-state index contributed by atoms with van der Waals surface area (Å²) in [5.74, 6) is -1.39. The van der Waals surface area contributed by atoms with Gasteiger partial charge in [-0.3, -0.25) is 9.79 Å². The Bertz CT molecular complexity index is 455. The zero-order chi connectivity index (χ0) is 9.26. The molecule has 13 heavy (non-hydrogen) atoms. The van der Waals surface area contributed by atoms with Crippen molar-refractivity contribution in [3.05, 3.63) is 23.0 Å². The van der Waals surface area contributed by atoms with Gasteiger partial charge in [-0.2, -0.15) is 10.2 Å². The van der Waals surface area contributed by atoms with Crippen LogP contribution in [-0.4, -0.2) is 27.8 Å². The summed E-state index contributed by atoms with van der Waals surface area (Å²) >= 11 is 0. The van der Waals surface area contributed by atoms with Gasteiger partial charge in [0.1, 0.15) is 0 Å². The van der Waals surface area contributed by atoms with Gasteiger partial charge in [0.05, 0.1) is 30.2 Å². The Kier molecular flexibility index (Phi) is 1.77. The molecule has 0 radical (unpaired) electrons. The van der Waals surface area contributed by atoms with E-state index in [1.807, 2.05) is 0 Å². The fraction of sp³-hybridized carbons (Fsp3) is 0.250. The number of carboxylic acids is 1. The van der Waals surface area contributed by atoms with Crippen molar-refractivity contribution in [3.63, 3.8) is 0 Å². The van der Waals surface area contributed by atoms with E-state index < -0.39 is 11.9 Å². The summed E-state index contributed by atoms with van der Waals surface area (Å²) in [5, 5.41) is 17.5. The molecule has 1 aromatic rings. The zero-order valence-corrected chi connectivity index (χ0v) is 6.71. The van der Waals surface area contributed by atoms with E-state index in [-0.39, 0.29) is 6.54 Å². The molecular weight excluding hydrogens is 170 g/mol. The highest BCUT2D eigenvalue weighted by atomic mass is 16.4. The van der Waals surface area contributed by atoms with Crippen molar-refractivity contribution in [1.82, 2.24) is 10.2 Å². The lowest BCUT2D eigenvalue weighted by Gasteiger charge is -2.06. The normalized spacial score (nSPS) is 19.5. The molecule has 1 aromatic heterocycles. The first-order valence-corrected chi connectivity index (χ1v) is 3.83. The molecule has 0 saturated carbocycles. The summed E-state index contributed by atoms with van der Waals surface area (Å²) in [7, 11) is 0. The second-order valence-corrected chi connectivity index (χ2v) is 2.78. The fourth-order valence-corrected chi connectivity index (χ4v) is 1.20. The van der Waals surface area contributed by atoms with Crippen LogP contribution in [0.1, 0.15) is 0 Å². The van der Waals surface area contributed by atoms with Crippen LogP contribution in [-0.2, 0) is 4.79 Å². The van der Waals surface area contributed by atoms with Crippen LogP contribution < -0.4 is 10.6 Å². The Hall–Kier alpha value is -1.78. The van der Waals surface area contributed by atoms with Gasteiger partial charge in [0.15, 0.2) is 0 Å². The van der Waals surface area contributed by atoms with Crippen LogP contribution in [0.15, 0.2) is 17.4 Å². The molecule has 0 spiro atoms. The predicted octanol–water partition coefficient (Wildman–Crippen LogP) is -1.41. The molecule has 0 saturated heterocycles. The smallest absolute Gasteiger partial charge is 0.312 e. The average Bonchev–Trinajstić information content (AvgIpc) is 2.17. The highest BCUT2D eigenvalue weighted by molar-refractivity contribution is 5.77.